The zero-order chi connectivity index (χ0) is 26.2. The molecule has 0 aromatic heterocycles. The molecule has 4 aliphatic rings. The number of allylic oxidation sites excluding steroid dienone is 4. The number of likely N-dealkylation sites (N-methyl/N-ethyl adjacent to an activating group) is 1. The van der Waals surface area contributed by atoms with Crippen molar-refractivity contribution in [1.82, 2.24) is 15.1 Å². The Morgan fingerprint density at radius 1 is 1.03 bits per heavy atom. The molecule has 2 heterocycles. The van der Waals surface area contributed by atoms with Crippen LogP contribution >= 0.6 is 0 Å². The van der Waals surface area contributed by atoms with Crippen molar-refractivity contribution < 1.29 is 13.9 Å². The molecule has 6 heteroatoms. The highest BCUT2D eigenvalue weighted by atomic mass is 19.1. The van der Waals surface area contributed by atoms with Gasteiger partial charge >= 0.3 is 0 Å². The third-order valence-corrected chi connectivity index (χ3v) is 8.79. The second kappa shape index (κ2) is 13.5. The standard InChI is InChI=1S/C32H44FN3O2/c1-34-32(26-12-6-3-7-13-26)29(28-14-8-9-15-30(28)33)16-17-35-18-20-36(21-19-35)31-24-37-27(23-38-31)22-25-10-4-2-5-11-25/h2,4,8-10,14-15,23-24,26,29,32,34H,3,5-7,11-13,16-22H2,1H3. The van der Waals surface area contributed by atoms with Gasteiger partial charge in [0.15, 0.2) is 6.26 Å². The van der Waals surface area contributed by atoms with Crippen molar-refractivity contribution in [3.63, 3.8) is 0 Å². The second-order valence-corrected chi connectivity index (χ2v) is 11.2. The Kier molecular flexibility index (Phi) is 9.58. The third-order valence-electron chi connectivity index (χ3n) is 8.79. The van der Waals surface area contributed by atoms with Crippen LogP contribution < -0.4 is 5.32 Å². The van der Waals surface area contributed by atoms with E-state index >= 15 is 0 Å². The van der Waals surface area contributed by atoms with Gasteiger partial charge in [-0.15, -0.1) is 0 Å². The number of halogens is 1. The maximum atomic E-state index is 15.0. The van der Waals surface area contributed by atoms with Crippen molar-refractivity contribution in [3.8, 4) is 0 Å². The monoisotopic (exact) mass is 521 g/mol. The predicted octanol–water partition coefficient (Wildman–Crippen LogP) is 6.44. The lowest BCUT2D eigenvalue weighted by molar-refractivity contribution is 0.0803. The van der Waals surface area contributed by atoms with Gasteiger partial charge in [0.1, 0.15) is 17.8 Å². The Balaban J connectivity index is 1.14. The van der Waals surface area contributed by atoms with Crippen LogP contribution in [0.25, 0.3) is 0 Å². The molecule has 38 heavy (non-hydrogen) atoms. The Morgan fingerprint density at radius 3 is 2.53 bits per heavy atom. The number of hydrogen-bond donors (Lipinski definition) is 1. The average molecular weight is 522 g/mol. The van der Waals surface area contributed by atoms with Crippen molar-refractivity contribution in [1.29, 1.82) is 0 Å². The molecule has 1 N–H and O–H groups in total. The van der Waals surface area contributed by atoms with E-state index in [1.807, 2.05) is 12.1 Å². The maximum absolute atomic E-state index is 15.0. The first-order chi connectivity index (χ1) is 18.7. The van der Waals surface area contributed by atoms with Gasteiger partial charge < -0.3 is 19.7 Å². The topological polar surface area (TPSA) is 37.0 Å². The van der Waals surface area contributed by atoms with E-state index in [0.29, 0.717) is 12.0 Å². The van der Waals surface area contributed by atoms with Crippen molar-refractivity contribution in [2.45, 2.75) is 69.7 Å². The highest BCUT2D eigenvalue weighted by Gasteiger charge is 2.32. The van der Waals surface area contributed by atoms with Crippen LogP contribution in [0.4, 0.5) is 4.39 Å². The van der Waals surface area contributed by atoms with E-state index in [4.69, 9.17) is 9.47 Å². The van der Waals surface area contributed by atoms with Crippen molar-refractivity contribution in [3.05, 3.63) is 83.6 Å². The number of nitrogens with one attached hydrogen (secondary N) is 1. The number of ether oxygens (including phenoxy) is 2. The molecule has 5 nitrogen and oxygen atoms in total. The molecule has 0 amide bonds. The summed E-state index contributed by atoms with van der Waals surface area (Å²) in [6.45, 7) is 4.71. The van der Waals surface area contributed by atoms with Gasteiger partial charge in [-0.1, -0.05) is 61.3 Å². The fourth-order valence-corrected chi connectivity index (χ4v) is 6.64. The first-order valence-electron chi connectivity index (χ1n) is 14.7. The van der Waals surface area contributed by atoms with Crippen LogP contribution in [-0.4, -0.2) is 55.6 Å². The fourth-order valence-electron chi connectivity index (χ4n) is 6.64. The number of piperazine rings is 1. The van der Waals surface area contributed by atoms with E-state index in [1.165, 1.54) is 37.7 Å². The quantitative estimate of drug-likeness (QED) is 0.384. The molecule has 1 saturated heterocycles. The summed E-state index contributed by atoms with van der Waals surface area (Å²) in [6, 6.07) is 7.73. The SMILES string of the molecule is CNC(C1CCCCC1)C(CCN1CCN(C2=COC(CC3=CC=CCC3)=CO2)CC1)c1ccccc1F. The number of nitrogens with zero attached hydrogens (tertiary/aromatic N) is 2. The highest BCUT2D eigenvalue weighted by molar-refractivity contribution is 5.24. The first kappa shape index (κ1) is 27.0. The smallest absolute Gasteiger partial charge is 0.231 e. The predicted molar refractivity (Wildman–Crippen MR) is 151 cm³/mol. The molecule has 0 radical (unpaired) electrons. The maximum Gasteiger partial charge on any atom is 0.231 e. The molecule has 0 spiro atoms. The van der Waals surface area contributed by atoms with Crippen LogP contribution in [0.3, 0.4) is 0 Å². The van der Waals surface area contributed by atoms with Gasteiger partial charge in [0.25, 0.3) is 0 Å². The van der Waals surface area contributed by atoms with E-state index in [0.717, 1.165) is 75.6 Å². The zero-order valence-electron chi connectivity index (χ0n) is 22.9. The van der Waals surface area contributed by atoms with Gasteiger partial charge in [-0.3, -0.25) is 4.90 Å². The van der Waals surface area contributed by atoms with Gasteiger partial charge in [0.05, 0.1) is 0 Å². The van der Waals surface area contributed by atoms with Crippen LogP contribution in [0.15, 0.2) is 72.2 Å². The first-order valence-corrected chi connectivity index (χ1v) is 14.7. The molecular formula is C32H44FN3O2. The molecule has 1 saturated carbocycles. The molecule has 2 unspecified atom stereocenters. The molecule has 2 aliphatic carbocycles. The van der Waals surface area contributed by atoms with Crippen LogP contribution in [-0.2, 0) is 9.47 Å². The summed E-state index contributed by atoms with van der Waals surface area (Å²) < 4.78 is 26.9. The van der Waals surface area contributed by atoms with Crippen LogP contribution in [0.2, 0.25) is 0 Å². The highest BCUT2D eigenvalue weighted by Crippen LogP contribution is 2.36. The van der Waals surface area contributed by atoms with Gasteiger partial charge in [0.2, 0.25) is 5.88 Å². The Morgan fingerprint density at radius 2 is 1.84 bits per heavy atom. The molecule has 2 aliphatic heterocycles. The molecule has 2 atom stereocenters. The van der Waals surface area contributed by atoms with E-state index in [1.54, 1.807) is 24.7 Å². The minimum absolute atomic E-state index is 0.0663. The fraction of sp³-hybridized carbons (Fsp3) is 0.562. The molecule has 1 aromatic rings. The summed E-state index contributed by atoms with van der Waals surface area (Å²) in [4.78, 5) is 4.78. The van der Waals surface area contributed by atoms with Crippen LogP contribution in [0, 0.1) is 11.7 Å². The largest absolute Gasteiger partial charge is 0.460 e. The molecule has 5 rings (SSSR count). The summed E-state index contributed by atoms with van der Waals surface area (Å²) in [7, 11) is 2.06. The second-order valence-electron chi connectivity index (χ2n) is 11.2. The van der Waals surface area contributed by atoms with Crippen molar-refractivity contribution in [2.24, 2.45) is 5.92 Å². The third kappa shape index (κ3) is 6.89. The number of benzene rings is 1. The Labute approximate surface area is 228 Å². The number of rotatable bonds is 10. The minimum atomic E-state index is -0.0663. The Hall–Kier alpha value is -2.57. The normalized spacial score (nSPS) is 22.6. The van der Waals surface area contributed by atoms with Crippen molar-refractivity contribution in [2.75, 3.05) is 39.8 Å². The van der Waals surface area contributed by atoms with Gasteiger partial charge in [-0.05, 0) is 63.2 Å². The minimum Gasteiger partial charge on any atom is -0.460 e. The molecule has 1 aromatic carbocycles. The zero-order valence-corrected chi connectivity index (χ0v) is 22.9. The number of hydrogen-bond acceptors (Lipinski definition) is 5. The van der Waals surface area contributed by atoms with Gasteiger partial charge in [-0.2, -0.15) is 0 Å². The van der Waals surface area contributed by atoms with Crippen LogP contribution in [0.5, 0.6) is 0 Å². The van der Waals surface area contributed by atoms with Gasteiger partial charge in [-0.25, -0.2) is 4.39 Å². The molecule has 206 valence electrons. The van der Waals surface area contributed by atoms with Gasteiger partial charge in [0, 0.05) is 44.6 Å². The summed E-state index contributed by atoms with van der Waals surface area (Å²) in [5, 5.41) is 3.62. The van der Waals surface area contributed by atoms with Crippen LogP contribution in [0.1, 0.15) is 69.3 Å². The average Bonchev–Trinajstić information content (AvgIpc) is 2.97. The van der Waals surface area contributed by atoms with Crippen molar-refractivity contribution >= 4 is 0 Å². The van der Waals surface area contributed by atoms with E-state index in [9.17, 15) is 4.39 Å². The summed E-state index contributed by atoms with van der Waals surface area (Å²) in [6.07, 6.45) is 20.4. The molecule has 2 fully saturated rings. The lowest BCUT2D eigenvalue weighted by atomic mass is 9.75. The van der Waals surface area contributed by atoms with E-state index in [2.05, 4.69) is 40.4 Å². The lowest BCUT2D eigenvalue weighted by Crippen LogP contribution is -2.47. The molecule has 0 bridgehead atoms. The summed E-state index contributed by atoms with van der Waals surface area (Å²) in [5.74, 6) is 2.39. The Bertz CT molecular complexity index is 1030. The summed E-state index contributed by atoms with van der Waals surface area (Å²) >= 11 is 0. The van der Waals surface area contributed by atoms with E-state index in [-0.39, 0.29) is 11.7 Å². The molecular weight excluding hydrogens is 477 g/mol. The summed E-state index contributed by atoms with van der Waals surface area (Å²) in [5.41, 5.74) is 2.25. The lowest BCUT2D eigenvalue weighted by Gasteiger charge is -2.39. The van der Waals surface area contributed by atoms with E-state index < -0.39 is 0 Å².